The lowest BCUT2D eigenvalue weighted by Crippen LogP contribution is -2.33. The number of carbonyl (C=O) groups is 4. The summed E-state index contributed by atoms with van der Waals surface area (Å²) in [5.41, 5.74) is 1.10. The van der Waals surface area contributed by atoms with Crippen LogP contribution in [0, 0.1) is 0 Å². The third-order valence-corrected chi connectivity index (χ3v) is 3.99. The molecule has 0 radical (unpaired) electrons. The lowest BCUT2D eigenvalue weighted by molar-refractivity contribution is -0.140. The number of hydroxylamine groups is 2. The van der Waals surface area contributed by atoms with Crippen molar-refractivity contribution in [1.29, 1.82) is 0 Å². The van der Waals surface area contributed by atoms with E-state index in [1.54, 1.807) is 30.3 Å². The van der Waals surface area contributed by atoms with Crippen LogP contribution in [0.5, 0.6) is 0 Å². The summed E-state index contributed by atoms with van der Waals surface area (Å²) in [6.07, 6.45) is 0.355. The second-order valence-electron chi connectivity index (χ2n) is 5.56. The Morgan fingerprint density at radius 1 is 0.923 bits per heavy atom. The zero-order valence-electron chi connectivity index (χ0n) is 13.9. The van der Waals surface area contributed by atoms with Crippen molar-refractivity contribution >= 4 is 23.8 Å². The standard InChI is InChI=1S/C19H15NO6/c1-25-16(21)11-10-12-6-2-3-7-13(12)19(24)26-20-17(22)14-8-4-5-9-15(14)18(20)23/h2-9H,10-11H2,1H3. The minimum absolute atomic E-state index is 0.0911. The second-order valence-corrected chi connectivity index (χ2v) is 5.56. The van der Waals surface area contributed by atoms with Crippen molar-refractivity contribution in [3.05, 3.63) is 70.8 Å². The van der Waals surface area contributed by atoms with Gasteiger partial charge >= 0.3 is 11.9 Å². The Bertz CT molecular complexity index is 869. The molecule has 26 heavy (non-hydrogen) atoms. The Labute approximate surface area is 149 Å². The first-order valence-corrected chi connectivity index (χ1v) is 7.87. The number of amides is 2. The van der Waals surface area contributed by atoms with Gasteiger partial charge in [-0.15, -0.1) is 0 Å². The fraction of sp³-hybridized carbons (Fsp3) is 0.158. The number of benzene rings is 2. The van der Waals surface area contributed by atoms with Crippen LogP contribution in [0.4, 0.5) is 0 Å². The molecule has 2 aromatic rings. The Morgan fingerprint density at radius 3 is 2.12 bits per heavy atom. The highest BCUT2D eigenvalue weighted by atomic mass is 16.7. The summed E-state index contributed by atoms with van der Waals surface area (Å²) < 4.78 is 4.59. The van der Waals surface area contributed by atoms with Gasteiger partial charge in [0.15, 0.2) is 0 Å². The molecule has 0 unspecified atom stereocenters. The maximum absolute atomic E-state index is 12.5. The van der Waals surface area contributed by atoms with Crippen molar-refractivity contribution in [2.45, 2.75) is 12.8 Å². The van der Waals surface area contributed by atoms with Crippen LogP contribution < -0.4 is 0 Å². The summed E-state index contributed by atoms with van der Waals surface area (Å²) in [7, 11) is 1.28. The Morgan fingerprint density at radius 2 is 1.50 bits per heavy atom. The molecule has 0 N–H and O–H groups in total. The van der Waals surface area contributed by atoms with Crippen LogP contribution in [0.2, 0.25) is 0 Å². The Balaban J connectivity index is 1.78. The lowest BCUT2D eigenvalue weighted by atomic mass is 10.0. The summed E-state index contributed by atoms with van der Waals surface area (Å²) in [6.45, 7) is 0. The molecule has 0 bridgehead atoms. The molecule has 7 heteroatoms. The normalized spacial score (nSPS) is 12.7. The summed E-state index contributed by atoms with van der Waals surface area (Å²) >= 11 is 0. The van der Waals surface area contributed by atoms with Gasteiger partial charge in [0.25, 0.3) is 11.8 Å². The predicted octanol–water partition coefficient (Wildman–Crippen LogP) is 2.16. The molecule has 0 saturated carbocycles. The monoisotopic (exact) mass is 353 g/mol. The molecule has 132 valence electrons. The van der Waals surface area contributed by atoms with Crippen LogP contribution >= 0.6 is 0 Å². The molecule has 2 amide bonds. The fourth-order valence-corrected chi connectivity index (χ4v) is 2.66. The lowest BCUT2D eigenvalue weighted by Gasteiger charge is -2.14. The summed E-state index contributed by atoms with van der Waals surface area (Å²) in [5.74, 6) is -2.63. The van der Waals surface area contributed by atoms with Crippen LogP contribution in [-0.2, 0) is 20.8 Å². The van der Waals surface area contributed by atoms with E-state index < -0.39 is 23.8 Å². The fourth-order valence-electron chi connectivity index (χ4n) is 2.66. The Hall–Kier alpha value is -3.48. The molecule has 7 nitrogen and oxygen atoms in total. The molecule has 0 saturated heterocycles. The van der Waals surface area contributed by atoms with Crippen molar-refractivity contribution in [1.82, 2.24) is 5.06 Å². The average Bonchev–Trinajstić information content (AvgIpc) is 2.91. The molecule has 1 aliphatic rings. The van der Waals surface area contributed by atoms with Crippen LogP contribution in [0.15, 0.2) is 48.5 Å². The van der Waals surface area contributed by atoms with E-state index in [-0.39, 0.29) is 29.5 Å². The van der Waals surface area contributed by atoms with Crippen LogP contribution in [0.3, 0.4) is 0 Å². The van der Waals surface area contributed by atoms with Gasteiger partial charge in [0.05, 0.1) is 23.8 Å². The third-order valence-electron chi connectivity index (χ3n) is 3.99. The largest absolute Gasteiger partial charge is 0.469 e. The van der Waals surface area contributed by atoms with Crippen molar-refractivity contribution in [3.8, 4) is 0 Å². The van der Waals surface area contributed by atoms with Crippen molar-refractivity contribution in [2.24, 2.45) is 0 Å². The number of fused-ring (bicyclic) bond motifs is 1. The molecule has 0 aliphatic carbocycles. The van der Waals surface area contributed by atoms with E-state index in [1.807, 2.05) is 0 Å². The number of methoxy groups -OCH3 is 1. The smallest absolute Gasteiger partial charge is 0.364 e. The van der Waals surface area contributed by atoms with Gasteiger partial charge < -0.3 is 9.57 Å². The van der Waals surface area contributed by atoms with E-state index in [0.29, 0.717) is 10.6 Å². The van der Waals surface area contributed by atoms with Gasteiger partial charge in [0, 0.05) is 6.42 Å². The molecule has 0 aromatic heterocycles. The topological polar surface area (TPSA) is 90.0 Å². The second kappa shape index (κ2) is 7.18. The van der Waals surface area contributed by atoms with E-state index in [0.717, 1.165) is 0 Å². The summed E-state index contributed by atoms with van der Waals surface area (Å²) in [4.78, 5) is 53.4. The molecule has 0 atom stereocenters. The minimum atomic E-state index is -0.847. The zero-order chi connectivity index (χ0) is 18.7. The maximum atomic E-state index is 12.5. The predicted molar refractivity (Wildman–Crippen MR) is 89.1 cm³/mol. The molecule has 0 fully saturated rings. The van der Waals surface area contributed by atoms with Crippen molar-refractivity contribution in [3.63, 3.8) is 0 Å². The summed E-state index contributed by atoms with van der Waals surface area (Å²) in [6, 6.07) is 12.7. The number of nitrogens with zero attached hydrogens (tertiary/aromatic N) is 1. The molecule has 1 heterocycles. The van der Waals surface area contributed by atoms with Gasteiger partial charge in [-0.1, -0.05) is 35.4 Å². The number of aryl methyl sites for hydroxylation is 1. The van der Waals surface area contributed by atoms with Crippen LogP contribution in [0.25, 0.3) is 0 Å². The van der Waals surface area contributed by atoms with E-state index in [9.17, 15) is 19.2 Å². The quantitative estimate of drug-likeness (QED) is 0.604. The molecule has 2 aromatic carbocycles. The number of hydrogen-bond acceptors (Lipinski definition) is 6. The first kappa shape index (κ1) is 17.3. The number of imide groups is 1. The summed E-state index contributed by atoms with van der Waals surface area (Å²) in [5, 5.41) is 0.462. The number of hydrogen-bond donors (Lipinski definition) is 0. The third kappa shape index (κ3) is 3.19. The van der Waals surface area contributed by atoms with Crippen molar-refractivity contribution < 1.29 is 28.8 Å². The van der Waals surface area contributed by atoms with Crippen molar-refractivity contribution in [2.75, 3.05) is 7.11 Å². The van der Waals surface area contributed by atoms with E-state index >= 15 is 0 Å². The van der Waals surface area contributed by atoms with Gasteiger partial charge in [0.2, 0.25) is 0 Å². The minimum Gasteiger partial charge on any atom is -0.469 e. The van der Waals surface area contributed by atoms with Gasteiger partial charge in [-0.05, 0) is 30.2 Å². The highest BCUT2D eigenvalue weighted by molar-refractivity contribution is 6.21. The highest BCUT2D eigenvalue weighted by Gasteiger charge is 2.39. The number of esters is 1. The number of rotatable bonds is 5. The zero-order valence-corrected chi connectivity index (χ0v) is 13.9. The first-order chi connectivity index (χ1) is 12.5. The maximum Gasteiger partial charge on any atom is 0.364 e. The van der Waals surface area contributed by atoms with Crippen LogP contribution in [-0.4, -0.2) is 35.9 Å². The van der Waals surface area contributed by atoms with Gasteiger partial charge in [0.1, 0.15) is 0 Å². The molecular formula is C19H15NO6. The van der Waals surface area contributed by atoms with E-state index in [1.165, 1.54) is 25.3 Å². The molecule has 1 aliphatic heterocycles. The molecule has 0 spiro atoms. The molecular weight excluding hydrogens is 338 g/mol. The van der Waals surface area contributed by atoms with Gasteiger partial charge in [-0.3, -0.25) is 14.4 Å². The van der Waals surface area contributed by atoms with Crippen LogP contribution in [0.1, 0.15) is 43.1 Å². The van der Waals surface area contributed by atoms with Gasteiger partial charge in [-0.2, -0.15) is 0 Å². The average molecular weight is 353 g/mol. The van der Waals surface area contributed by atoms with E-state index in [2.05, 4.69) is 4.74 Å². The highest BCUT2D eigenvalue weighted by Crippen LogP contribution is 2.24. The SMILES string of the molecule is COC(=O)CCc1ccccc1C(=O)ON1C(=O)c2ccccc2C1=O. The number of ether oxygens (including phenoxy) is 1. The van der Waals surface area contributed by atoms with E-state index in [4.69, 9.17) is 4.84 Å². The van der Waals surface area contributed by atoms with Gasteiger partial charge in [-0.25, -0.2) is 4.79 Å². The molecule has 3 rings (SSSR count). The Kier molecular flexibility index (Phi) is 4.79. The number of carbonyl (C=O) groups excluding carboxylic acids is 4. The first-order valence-electron chi connectivity index (χ1n) is 7.87.